The molecule has 1 saturated carbocycles. The van der Waals surface area contributed by atoms with Crippen LogP contribution < -0.4 is 10.1 Å². The van der Waals surface area contributed by atoms with E-state index in [1.807, 2.05) is 6.92 Å². The van der Waals surface area contributed by atoms with Gasteiger partial charge in [-0.25, -0.2) is 8.42 Å². The average molecular weight is 381 g/mol. The van der Waals surface area contributed by atoms with Crippen molar-refractivity contribution in [2.24, 2.45) is 0 Å². The first-order chi connectivity index (χ1) is 12.5. The Balaban J connectivity index is 1.86. The Morgan fingerprint density at radius 2 is 1.85 bits per heavy atom. The zero-order chi connectivity index (χ0) is 18.6. The number of hydrogen-bond acceptors (Lipinski definition) is 4. The van der Waals surface area contributed by atoms with E-state index in [0.29, 0.717) is 31.0 Å². The molecule has 1 aromatic carbocycles. The van der Waals surface area contributed by atoms with Gasteiger partial charge in [-0.3, -0.25) is 4.79 Å². The normalized spacial score (nSPS) is 19.4. The molecule has 1 N–H and O–H groups in total. The maximum atomic E-state index is 13.0. The SMILES string of the molecule is CCOc1ccc(C(=O)NC2CCCCC2)cc1S(=O)(=O)N1CCCC1. The number of carbonyl (C=O) groups is 1. The van der Waals surface area contributed by atoms with E-state index in [0.717, 1.165) is 38.5 Å². The molecular weight excluding hydrogens is 352 g/mol. The van der Waals surface area contributed by atoms with Gasteiger partial charge in [-0.1, -0.05) is 19.3 Å². The lowest BCUT2D eigenvalue weighted by atomic mass is 9.95. The van der Waals surface area contributed by atoms with Gasteiger partial charge in [0.05, 0.1) is 6.61 Å². The van der Waals surface area contributed by atoms with Crippen LogP contribution in [0.2, 0.25) is 0 Å². The third kappa shape index (κ3) is 4.20. The number of nitrogens with zero attached hydrogens (tertiary/aromatic N) is 1. The van der Waals surface area contributed by atoms with Crippen molar-refractivity contribution in [2.45, 2.75) is 62.8 Å². The molecule has 1 aromatic rings. The highest BCUT2D eigenvalue weighted by Crippen LogP contribution is 2.30. The van der Waals surface area contributed by atoms with Crippen LogP contribution >= 0.6 is 0 Å². The predicted octanol–water partition coefficient (Wildman–Crippen LogP) is 2.93. The Morgan fingerprint density at radius 3 is 2.50 bits per heavy atom. The minimum Gasteiger partial charge on any atom is -0.492 e. The van der Waals surface area contributed by atoms with Gasteiger partial charge in [0, 0.05) is 24.7 Å². The first-order valence-electron chi connectivity index (χ1n) is 9.60. The van der Waals surface area contributed by atoms with E-state index in [9.17, 15) is 13.2 Å². The standard InChI is InChI=1S/C19H28N2O4S/c1-2-25-17-11-10-15(19(22)20-16-8-4-3-5-9-16)14-18(17)26(23,24)21-12-6-7-13-21/h10-11,14,16H,2-9,12-13H2,1H3,(H,20,22). The monoisotopic (exact) mass is 380 g/mol. The maximum absolute atomic E-state index is 13.0. The van der Waals surface area contributed by atoms with Crippen LogP contribution in [0.3, 0.4) is 0 Å². The zero-order valence-electron chi connectivity index (χ0n) is 15.4. The lowest BCUT2D eigenvalue weighted by Crippen LogP contribution is -2.36. The van der Waals surface area contributed by atoms with Crippen LogP contribution in [0, 0.1) is 0 Å². The average Bonchev–Trinajstić information content (AvgIpc) is 3.18. The Bertz CT molecular complexity index is 736. The molecule has 1 aliphatic heterocycles. The largest absolute Gasteiger partial charge is 0.492 e. The lowest BCUT2D eigenvalue weighted by molar-refractivity contribution is 0.0927. The van der Waals surface area contributed by atoms with Crippen LogP contribution in [-0.2, 0) is 10.0 Å². The molecule has 0 aromatic heterocycles. The molecule has 26 heavy (non-hydrogen) atoms. The van der Waals surface area contributed by atoms with E-state index in [4.69, 9.17) is 4.74 Å². The van der Waals surface area contributed by atoms with Crippen molar-refractivity contribution in [2.75, 3.05) is 19.7 Å². The summed E-state index contributed by atoms with van der Waals surface area (Å²) in [7, 11) is -3.65. The highest BCUT2D eigenvalue weighted by molar-refractivity contribution is 7.89. The van der Waals surface area contributed by atoms with Crippen LogP contribution in [0.1, 0.15) is 62.2 Å². The Hall–Kier alpha value is -1.60. The van der Waals surface area contributed by atoms with E-state index in [2.05, 4.69) is 5.32 Å². The van der Waals surface area contributed by atoms with Gasteiger partial charge in [0.1, 0.15) is 10.6 Å². The molecule has 144 valence electrons. The molecular formula is C19H28N2O4S. The fourth-order valence-electron chi connectivity index (χ4n) is 3.71. The third-order valence-corrected chi connectivity index (χ3v) is 7.05. The van der Waals surface area contributed by atoms with Gasteiger partial charge in [0.2, 0.25) is 10.0 Å². The number of sulfonamides is 1. The molecule has 1 heterocycles. The molecule has 2 aliphatic rings. The minimum absolute atomic E-state index is 0.0949. The Labute approximate surface area is 156 Å². The second-order valence-electron chi connectivity index (χ2n) is 7.01. The molecule has 0 spiro atoms. The number of hydrogen-bond donors (Lipinski definition) is 1. The molecule has 2 fully saturated rings. The zero-order valence-corrected chi connectivity index (χ0v) is 16.2. The fourth-order valence-corrected chi connectivity index (χ4v) is 5.38. The highest BCUT2D eigenvalue weighted by Gasteiger charge is 2.31. The number of benzene rings is 1. The first kappa shape index (κ1) is 19.2. The van der Waals surface area contributed by atoms with Crippen LogP contribution in [-0.4, -0.2) is 44.4 Å². The third-order valence-electron chi connectivity index (χ3n) is 5.13. The lowest BCUT2D eigenvalue weighted by Gasteiger charge is -2.23. The van der Waals surface area contributed by atoms with Crippen molar-refractivity contribution in [3.8, 4) is 5.75 Å². The summed E-state index contributed by atoms with van der Waals surface area (Å²) in [6, 6.07) is 4.90. The van der Waals surface area contributed by atoms with Crippen molar-refractivity contribution in [3.05, 3.63) is 23.8 Å². The summed E-state index contributed by atoms with van der Waals surface area (Å²) in [5.74, 6) is 0.103. The molecule has 3 rings (SSSR count). The van der Waals surface area contributed by atoms with E-state index in [1.165, 1.54) is 16.8 Å². The molecule has 0 radical (unpaired) electrons. The van der Waals surface area contributed by atoms with Crippen molar-refractivity contribution in [3.63, 3.8) is 0 Å². The molecule has 0 atom stereocenters. The summed E-state index contributed by atoms with van der Waals surface area (Å²) in [6.45, 7) is 3.23. The van der Waals surface area contributed by atoms with Crippen LogP contribution in [0.25, 0.3) is 0 Å². The van der Waals surface area contributed by atoms with Gasteiger partial charge >= 0.3 is 0 Å². The number of carbonyl (C=O) groups excluding carboxylic acids is 1. The van der Waals surface area contributed by atoms with E-state index in [-0.39, 0.29) is 16.8 Å². The summed E-state index contributed by atoms with van der Waals surface area (Å²) in [6.07, 6.45) is 7.18. The van der Waals surface area contributed by atoms with Crippen LogP contribution in [0.5, 0.6) is 5.75 Å². The van der Waals surface area contributed by atoms with E-state index in [1.54, 1.807) is 12.1 Å². The van der Waals surface area contributed by atoms with Gasteiger partial charge in [0.25, 0.3) is 5.91 Å². The van der Waals surface area contributed by atoms with Crippen molar-refractivity contribution < 1.29 is 17.9 Å². The number of rotatable bonds is 6. The predicted molar refractivity (Wildman–Crippen MR) is 99.9 cm³/mol. The Morgan fingerprint density at radius 1 is 1.15 bits per heavy atom. The van der Waals surface area contributed by atoms with E-state index < -0.39 is 10.0 Å². The molecule has 1 aliphatic carbocycles. The summed E-state index contributed by atoms with van der Waals surface area (Å²) in [5, 5.41) is 3.05. The highest BCUT2D eigenvalue weighted by atomic mass is 32.2. The van der Waals surface area contributed by atoms with Gasteiger partial charge in [0.15, 0.2) is 0 Å². The van der Waals surface area contributed by atoms with Crippen LogP contribution in [0.4, 0.5) is 0 Å². The second kappa shape index (κ2) is 8.39. The molecule has 6 nitrogen and oxygen atoms in total. The van der Waals surface area contributed by atoms with Gasteiger partial charge in [-0.15, -0.1) is 0 Å². The van der Waals surface area contributed by atoms with Crippen molar-refractivity contribution in [1.29, 1.82) is 0 Å². The smallest absolute Gasteiger partial charge is 0.251 e. The fraction of sp³-hybridized carbons (Fsp3) is 0.632. The number of nitrogens with one attached hydrogen (secondary N) is 1. The second-order valence-corrected chi connectivity index (χ2v) is 8.92. The molecule has 1 amide bonds. The maximum Gasteiger partial charge on any atom is 0.251 e. The summed E-state index contributed by atoms with van der Waals surface area (Å²) in [4.78, 5) is 12.7. The summed E-state index contributed by atoms with van der Waals surface area (Å²) >= 11 is 0. The van der Waals surface area contributed by atoms with E-state index >= 15 is 0 Å². The van der Waals surface area contributed by atoms with Gasteiger partial charge in [-0.2, -0.15) is 4.31 Å². The van der Waals surface area contributed by atoms with Crippen LogP contribution in [0.15, 0.2) is 23.1 Å². The summed E-state index contributed by atoms with van der Waals surface area (Å²) in [5.41, 5.74) is 0.372. The van der Waals surface area contributed by atoms with Gasteiger partial charge in [-0.05, 0) is 50.8 Å². The molecule has 0 bridgehead atoms. The topological polar surface area (TPSA) is 75.7 Å². The first-order valence-corrected chi connectivity index (χ1v) is 11.0. The minimum atomic E-state index is -3.65. The van der Waals surface area contributed by atoms with Gasteiger partial charge < -0.3 is 10.1 Å². The molecule has 1 saturated heterocycles. The molecule has 0 unspecified atom stereocenters. The Kier molecular flexibility index (Phi) is 6.19. The number of ether oxygens (including phenoxy) is 1. The molecule has 7 heteroatoms. The summed E-state index contributed by atoms with van der Waals surface area (Å²) < 4.78 is 33.0. The van der Waals surface area contributed by atoms with Crippen molar-refractivity contribution in [1.82, 2.24) is 9.62 Å². The van der Waals surface area contributed by atoms with Crippen molar-refractivity contribution >= 4 is 15.9 Å². The quantitative estimate of drug-likeness (QED) is 0.823. The number of amides is 1.